The van der Waals surface area contributed by atoms with Gasteiger partial charge in [0.2, 0.25) is 11.8 Å². The van der Waals surface area contributed by atoms with Gasteiger partial charge in [-0.2, -0.15) is 5.10 Å². The fraction of sp³-hybridized carbons (Fsp3) is 0.286. The Bertz CT molecular complexity index is 850. The van der Waals surface area contributed by atoms with Crippen molar-refractivity contribution in [3.05, 3.63) is 58.6 Å². The highest BCUT2D eigenvalue weighted by Crippen LogP contribution is 2.26. The van der Waals surface area contributed by atoms with Gasteiger partial charge < -0.3 is 9.64 Å². The van der Waals surface area contributed by atoms with E-state index in [1.807, 2.05) is 48.5 Å². The van der Waals surface area contributed by atoms with Crippen molar-refractivity contribution in [1.29, 1.82) is 0 Å². The predicted octanol–water partition coefficient (Wildman–Crippen LogP) is 3.74. The van der Waals surface area contributed by atoms with E-state index >= 15 is 0 Å². The molecule has 1 N–H and O–H groups in total. The number of hydrogen-bond donors (Lipinski definition) is 1. The van der Waals surface area contributed by atoms with E-state index in [2.05, 4.69) is 33.4 Å². The van der Waals surface area contributed by atoms with Gasteiger partial charge in [0.1, 0.15) is 5.75 Å². The lowest BCUT2D eigenvalue weighted by molar-refractivity contribution is -0.126. The van der Waals surface area contributed by atoms with Gasteiger partial charge in [-0.15, -0.1) is 0 Å². The van der Waals surface area contributed by atoms with E-state index in [1.54, 1.807) is 11.1 Å². The summed E-state index contributed by atoms with van der Waals surface area (Å²) in [7, 11) is 0. The van der Waals surface area contributed by atoms with Crippen LogP contribution in [-0.2, 0) is 9.59 Å². The highest BCUT2D eigenvalue weighted by atomic mass is 79.9. The Morgan fingerprint density at radius 2 is 1.96 bits per heavy atom. The molecule has 28 heavy (non-hydrogen) atoms. The summed E-state index contributed by atoms with van der Waals surface area (Å²) in [6.07, 6.45) is 2.71. The summed E-state index contributed by atoms with van der Waals surface area (Å²) in [5.74, 6) is 0.0693. The van der Waals surface area contributed by atoms with Gasteiger partial charge in [-0.1, -0.05) is 22.9 Å². The molecule has 7 heteroatoms. The van der Waals surface area contributed by atoms with Crippen LogP contribution in [0.5, 0.6) is 5.75 Å². The standard InChI is InChI=1S/C21H22BrN3O3/c1-2-11-28-19-9-3-15(4-10-19)13-23-24-21(27)16-12-20(26)25(14-16)18-7-5-17(22)6-8-18/h3-10,13,16H,2,11-12,14H2,1H3,(H,24,27)/b23-13-/t16-/m1/s1. The first-order valence-corrected chi connectivity index (χ1v) is 9.98. The number of anilines is 1. The van der Waals surface area contributed by atoms with E-state index in [9.17, 15) is 9.59 Å². The van der Waals surface area contributed by atoms with Crippen LogP contribution in [0.25, 0.3) is 0 Å². The number of hydrazone groups is 1. The van der Waals surface area contributed by atoms with Crippen LogP contribution in [0.15, 0.2) is 58.1 Å². The molecule has 0 unspecified atom stereocenters. The van der Waals surface area contributed by atoms with Gasteiger partial charge >= 0.3 is 0 Å². The molecule has 2 aromatic rings. The second-order valence-corrected chi connectivity index (χ2v) is 7.45. The number of amides is 2. The Morgan fingerprint density at radius 1 is 1.25 bits per heavy atom. The summed E-state index contributed by atoms with van der Waals surface area (Å²) in [4.78, 5) is 26.2. The van der Waals surface area contributed by atoms with Crippen LogP contribution in [0.2, 0.25) is 0 Å². The molecule has 1 atom stereocenters. The molecule has 2 aromatic carbocycles. The third-order valence-corrected chi connectivity index (χ3v) is 4.90. The normalized spacial score (nSPS) is 16.6. The first-order chi connectivity index (χ1) is 13.6. The molecule has 0 radical (unpaired) electrons. The van der Waals surface area contributed by atoms with Gasteiger partial charge in [0, 0.05) is 23.1 Å². The molecule has 0 bridgehead atoms. The molecule has 0 aromatic heterocycles. The molecule has 6 nitrogen and oxygen atoms in total. The summed E-state index contributed by atoms with van der Waals surface area (Å²) >= 11 is 3.38. The van der Waals surface area contributed by atoms with Crippen molar-refractivity contribution < 1.29 is 14.3 Å². The number of carbonyl (C=O) groups excluding carboxylic acids is 2. The summed E-state index contributed by atoms with van der Waals surface area (Å²) in [5, 5.41) is 4.01. The Kier molecular flexibility index (Phi) is 6.81. The number of nitrogens with one attached hydrogen (secondary N) is 1. The van der Waals surface area contributed by atoms with Crippen molar-refractivity contribution in [2.45, 2.75) is 19.8 Å². The predicted molar refractivity (Wildman–Crippen MR) is 113 cm³/mol. The summed E-state index contributed by atoms with van der Waals surface area (Å²) < 4.78 is 6.47. The van der Waals surface area contributed by atoms with Crippen LogP contribution < -0.4 is 15.1 Å². The number of ether oxygens (including phenoxy) is 1. The van der Waals surface area contributed by atoms with Crippen LogP contribution in [0.3, 0.4) is 0 Å². The highest BCUT2D eigenvalue weighted by Gasteiger charge is 2.35. The van der Waals surface area contributed by atoms with E-state index < -0.39 is 5.92 Å². The SMILES string of the molecule is CCCOc1ccc(/C=N\NC(=O)[C@@H]2CC(=O)N(c3ccc(Br)cc3)C2)cc1. The van der Waals surface area contributed by atoms with Crippen LogP contribution in [0.4, 0.5) is 5.69 Å². The zero-order valence-electron chi connectivity index (χ0n) is 15.6. The number of benzene rings is 2. The monoisotopic (exact) mass is 443 g/mol. The molecule has 1 saturated heterocycles. The van der Waals surface area contributed by atoms with Crippen LogP contribution in [0.1, 0.15) is 25.3 Å². The second kappa shape index (κ2) is 9.50. The Hall–Kier alpha value is -2.67. The minimum atomic E-state index is -0.418. The van der Waals surface area contributed by atoms with Crippen molar-refractivity contribution in [1.82, 2.24) is 5.43 Å². The summed E-state index contributed by atoms with van der Waals surface area (Å²) in [6.45, 7) is 3.09. The molecule has 0 saturated carbocycles. The Balaban J connectivity index is 1.53. The lowest BCUT2D eigenvalue weighted by Gasteiger charge is -2.16. The number of halogens is 1. The van der Waals surface area contributed by atoms with Gasteiger partial charge in [0.05, 0.1) is 18.7 Å². The van der Waals surface area contributed by atoms with Crippen molar-refractivity contribution in [2.24, 2.45) is 11.0 Å². The first-order valence-electron chi connectivity index (χ1n) is 9.18. The van der Waals surface area contributed by atoms with Crippen LogP contribution >= 0.6 is 15.9 Å². The molecule has 1 fully saturated rings. The van der Waals surface area contributed by atoms with Gasteiger partial charge in [-0.3, -0.25) is 9.59 Å². The van der Waals surface area contributed by atoms with Gasteiger partial charge in [0.15, 0.2) is 0 Å². The Morgan fingerprint density at radius 3 is 2.64 bits per heavy atom. The Labute approximate surface area is 172 Å². The average molecular weight is 444 g/mol. The summed E-state index contributed by atoms with van der Waals surface area (Å²) in [6, 6.07) is 14.9. The third kappa shape index (κ3) is 5.19. The zero-order valence-corrected chi connectivity index (χ0v) is 17.2. The molecule has 0 aliphatic carbocycles. The van der Waals surface area contributed by atoms with Crippen LogP contribution in [-0.4, -0.2) is 31.2 Å². The van der Waals surface area contributed by atoms with Crippen molar-refractivity contribution in [3.63, 3.8) is 0 Å². The number of carbonyl (C=O) groups is 2. The van der Waals surface area contributed by atoms with Gasteiger partial charge in [0.25, 0.3) is 0 Å². The molecule has 2 amide bonds. The van der Waals surface area contributed by atoms with Gasteiger partial charge in [-0.25, -0.2) is 5.43 Å². The summed E-state index contributed by atoms with van der Waals surface area (Å²) in [5.41, 5.74) is 4.18. The molecular formula is C21H22BrN3O3. The minimum absolute atomic E-state index is 0.0610. The smallest absolute Gasteiger partial charge is 0.245 e. The zero-order chi connectivity index (χ0) is 19.9. The first kappa shape index (κ1) is 20.1. The minimum Gasteiger partial charge on any atom is -0.494 e. The number of nitrogens with zero attached hydrogens (tertiary/aromatic N) is 2. The molecule has 0 spiro atoms. The molecule has 146 valence electrons. The van der Waals surface area contributed by atoms with Crippen molar-refractivity contribution in [3.8, 4) is 5.75 Å². The number of hydrogen-bond acceptors (Lipinski definition) is 4. The van der Waals surface area contributed by atoms with Gasteiger partial charge in [-0.05, 0) is 60.5 Å². The highest BCUT2D eigenvalue weighted by molar-refractivity contribution is 9.10. The van der Waals surface area contributed by atoms with Crippen molar-refractivity contribution >= 4 is 39.6 Å². The fourth-order valence-electron chi connectivity index (χ4n) is 2.89. The third-order valence-electron chi connectivity index (χ3n) is 4.38. The molecule has 1 aliphatic rings. The van der Waals surface area contributed by atoms with Crippen LogP contribution in [0, 0.1) is 5.92 Å². The quantitative estimate of drug-likeness (QED) is 0.523. The molecular weight excluding hydrogens is 422 g/mol. The lowest BCUT2D eigenvalue weighted by Crippen LogP contribution is -2.30. The molecule has 1 aliphatic heterocycles. The maximum atomic E-state index is 12.4. The second-order valence-electron chi connectivity index (χ2n) is 6.53. The average Bonchev–Trinajstić information content (AvgIpc) is 3.09. The maximum Gasteiger partial charge on any atom is 0.245 e. The van der Waals surface area contributed by atoms with E-state index in [0.29, 0.717) is 13.2 Å². The van der Waals surface area contributed by atoms with Crippen molar-refractivity contribution in [2.75, 3.05) is 18.1 Å². The topological polar surface area (TPSA) is 71.0 Å². The largest absolute Gasteiger partial charge is 0.494 e. The fourth-order valence-corrected chi connectivity index (χ4v) is 3.15. The van der Waals surface area contributed by atoms with E-state index in [-0.39, 0.29) is 18.2 Å². The molecule has 3 rings (SSSR count). The van der Waals surface area contributed by atoms with E-state index in [0.717, 1.165) is 27.9 Å². The van der Waals surface area contributed by atoms with E-state index in [1.165, 1.54) is 0 Å². The maximum absolute atomic E-state index is 12.4. The van der Waals surface area contributed by atoms with E-state index in [4.69, 9.17) is 4.74 Å². The lowest BCUT2D eigenvalue weighted by atomic mass is 10.1. The number of rotatable bonds is 7. The molecule has 1 heterocycles.